The van der Waals surface area contributed by atoms with E-state index >= 15 is 0 Å². The molecule has 2 aliphatic heterocycles. The van der Waals surface area contributed by atoms with Crippen molar-refractivity contribution >= 4 is 24.1 Å². The predicted octanol–water partition coefficient (Wildman–Crippen LogP) is -1.42. The number of hydrogen-bond donors (Lipinski definition) is 8. The number of aliphatic hydroxyl groups excluding tert-OH is 6. The van der Waals surface area contributed by atoms with E-state index in [4.69, 9.17) is 42.6 Å². The Hall–Kier alpha value is -4.70. The van der Waals surface area contributed by atoms with Crippen molar-refractivity contribution in [1.82, 2.24) is 0 Å². The van der Waals surface area contributed by atoms with Crippen molar-refractivity contribution < 1.29 is 93.1 Å². The van der Waals surface area contributed by atoms with Crippen molar-refractivity contribution in [1.29, 1.82) is 0 Å². The maximum atomic E-state index is 12.9. The first-order chi connectivity index (χ1) is 25.3. The zero-order valence-corrected chi connectivity index (χ0v) is 28.9. The molecule has 0 saturated carbocycles. The number of benzene rings is 2. The SMILES string of the molecule is COc1cc(/C=C/C(=O)OC[C@H]2O[C@@H](O[C@@]3(CO)O[C@@H](CO)[C@H](O)[C@@H]3OC(=O)/C=C/c3cc(OC)c(O)c(OC)c3)[C@H](O)[C@@H](O)[C@@H]2O)cc(OC)c1O. The third-order valence-corrected chi connectivity index (χ3v) is 8.32. The van der Waals surface area contributed by atoms with Crippen LogP contribution < -0.4 is 18.9 Å². The Morgan fingerprint density at radius 2 is 1.21 bits per heavy atom. The van der Waals surface area contributed by atoms with Crippen molar-refractivity contribution in [3.05, 3.63) is 47.5 Å². The Balaban J connectivity index is 1.48. The summed E-state index contributed by atoms with van der Waals surface area (Å²) >= 11 is 0. The molecule has 0 aliphatic carbocycles. The predicted molar refractivity (Wildman–Crippen MR) is 177 cm³/mol. The Kier molecular flexibility index (Phi) is 13.9. The molecule has 53 heavy (non-hydrogen) atoms. The number of phenols is 2. The maximum absolute atomic E-state index is 12.9. The molecule has 0 spiro atoms. The molecule has 9 atom stereocenters. The van der Waals surface area contributed by atoms with Crippen LogP contribution in [0.3, 0.4) is 0 Å². The molecule has 2 heterocycles. The van der Waals surface area contributed by atoms with Crippen LogP contribution in [0.2, 0.25) is 0 Å². The minimum Gasteiger partial charge on any atom is -0.502 e. The van der Waals surface area contributed by atoms with Gasteiger partial charge in [-0.25, -0.2) is 9.59 Å². The van der Waals surface area contributed by atoms with Gasteiger partial charge in [0.15, 0.2) is 35.4 Å². The first-order valence-electron chi connectivity index (χ1n) is 15.8. The Bertz CT molecular complexity index is 1590. The fraction of sp³-hybridized carbons (Fsp3) is 0.471. The first-order valence-corrected chi connectivity index (χ1v) is 15.8. The quantitative estimate of drug-likeness (QED) is 0.0765. The van der Waals surface area contributed by atoms with Gasteiger partial charge in [-0.1, -0.05) is 0 Å². The summed E-state index contributed by atoms with van der Waals surface area (Å²) in [6.45, 7) is -2.69. The van der Waals surface area contributed by atoms with Crippen LogP contribution in [0.4, 0.5) is 0 Å². The number of rotatable bonds is 15. The van der Waals surface area contributed by atoms with Crippen molar-refractivity contribution in [2.75, 3.05) is 48.3 Å². The van der Waals surface area contributed by atoms with E-state index in [0.717, 1.165) is 12.2 Å². The molecule has 0 radical (unpaired) electrons. The average molecular weight is 755 g/mol. The van der Waals surface area contributed by atoms with Gasteiger partial charge in [0, 0.05) is 12.2 Å². The Morgan fingerprint density at radius 3 is 1.66 bits per heavy atom. The number of carbonyl (C=O) groups is 2. The molecule has 0 amide bonds. The fourth-order valence-corrected chi connectivity index (χ4v) is 5.49. The Labute approximate surface area is 302 Å². The monoisotopic (exact) mass is 754 g/mol. The molecule has 2 aromatic rings. The van der Waals surface area contributed by atoms with E-state index in [2.05, 4.69) is 0 Å². The van der Waals surface area contributed by atoms with Crippen LogP contribution in [0.25, 0.3) is 12.2 Å². The summed E-state index contributed by atoms with van der Waals surface area (Å²) in [4.78, 5) is 25.5. The molecule has 8 N–H and O–H groups in total. The normalized spacial score (nSPS) is 28.6. The number of aliphatic hydroxyl groups is 6. The molecule has 2 aliphatic rings. The van der Waals surface area contributed by atoms with Crippen LogP contribution in [-0.4, -0.2) is 156 Å². The highest BCUT2D eigenvalue weighted by atomic mass is 16.8. The van der Waals surface area contributed by atoms with Crippen LogP contribution in [0.15, 0.2) is 36.4 Å². The number of ether oxygens (including phenoxy) is 9. The van der Waals surface area contributed by atoms with Gasteiger partial charge in [0.05, 0.1) is 35.0 Å². The highest BCUT2D eigenvalue weighted by Crippen LogP contribution is 2.40. The lowest BCUT2D eigenvalue weighted by atomic mass is 9.98. The van der Waals surface area contributed by atoms with Crippen LogP contribution in [-0.2, 0) is 33.3 Å². The topological polar surface area (TPSA) is 279 Å². The highest BCUT2D eigenvalue weighted by molar-refractivity contribution is 5.88. The van der Waals surface area contributed by atoms with Crippen molar-refractivity contribution in [2.45, 2.75) is 54.8 Å². The van der Waals surface area contributed by atoms with Gasteiger partial charge in [-0.15, -0.1) is 0 Å². The van der Waals surface area contributed by atoms with Crippen LogP contribution in [0, 0.1) is 0 Å². The smallest absolute Gasteiger partial charge is 0.331 e. The number of phenolic OH excluding ortho intramolecular Hbond substituents is 2. The summed E-state index contributed by atoms with van der Waals surface area (Å²) in [5.74, 6) is -4.86. The molecular weight excluding hydrogens is 712 g/mol. The minimum absolute atomic E-state index is 0.0366. The molecule has 19 heteroatoms. The van der Waals surface area contributed by atoms with E-state index in [0.29, 0.717) is 11.1 Å². The second kappa shape index (κ2) is 17.9. The van der Waals surface area contributed by atoms with Crippen molar-refractivity contribution in [3.8, 4) is 34.5 Å². The highest BCUT2D eigenvalue weighted by Gasteiger charge is 2.60. The Morgan fingerprint density at radius 1 is 0.717 bits per heavy atom. The molecule has 2 saturated heterocycles. The van der Waals surface area contributed by atoms with Crippen LogP contribution in [0.5, 0.6) is 34.5 Å². The van der Waals surface area contributed by atoms with E-state index in [-0.39, 0.29) is 34.5 Å². The number of esters is 2. The molecule has 19 nitrogen and oxygen atoms in total. The summed E-state index contributed by atoms with van der Waals surface area (Å²) in [6.07, 6.45) is -9.97. The van der Waals surface area contributed by atoms with Gasteiger partial charge in [0.25, 0.3) is 0 Å². The lowest BCUT2D eigenvalue weighted by Crippen LogP contribution is -2.63. The zero-order chi connectivity index (χ0) is 39.0. The molecule has 0 bridgehead atoms. The summed E-state index contributed by atoms with van der Waals surface area (Å²) in [5, 5.41) is 83.3. The summed E-state index contributed by atoms with van der Waals surface area (Å²) in [5.41, 5.74) is 0.708. The van der Waals surface area contributed by atoms with Gasteiger partial charge >= 0.3 is 11.9 Å². The minimum atomic E-state index is -2.51. The standard InChI is InChI=1S/C34H42O19/c1-45-18-9-16(10-19(46-2)26(18)39)5-7-24(37)49-14-23-28(41)30(43)31(44)33(50-23)53-34(15-36)32(29(42)22(13-35)52-34)51-25(38)8-6-17-11-20(47-3)27(40)21(12-17)48-4/h5-12,22-23,28-33,35-36,39-44H,13-15H2,1-4H3/b7-5+,8-6+/t22-,23+,28+,29-,30-,31+,32-,33-,34+/m0/s1. The molecule has 2 fully saturated rings. The summed E-state index contributed by atoms with van der Waals surface area (Å²) in [7, 11) is 5.26. The third kappa shape index (κ3) is 9.10. The van der Waals surface area contributed by atoms with Crippen molar-refractivity contribution in [2.24, 2.45) is 0 Å². The fourth-order valence-electron chi connectivity index (χ4n) is 5.49. The van der Waals surface area contributed by atoms with Crippen molar-refractivity contribution in [3.63, 3.8) is 0 Å². The van der Waals surface area contributed by atoms with E-state index in [1.54, 1.807) is 0 Å². The average Bonchev–Trinajstić information content (AvgIpc) is 3.42. The van der Waals surface area contributed by atoms with Gasteiger partial charge in [-0.2, -0.15) is 0 Å². The van der Waals surface area contributed by atoms with Gasteiger partial charge in [-0.3, -0.25) is 0 Å². The summed E-state index contributed by atoms with van der Waals surface area (Å²) in [6, 6.07) is 5.60. The molecule has 0 aromatic heterocycles. The lowest BCUT2D eigenvalue weighted by Gasteiger charge is -2.43. The lowest BCUT2D eigenvalue weighted by molar-refractivity contribution is -0.383. The number of hydrogen-bond acceptors (Lipinski definition) is 19. The second-order valence-electron chi connectivity index (χ2n) is 11.6. The van der Waals surface area contributed by atoms with E-state index < -0.39 is 86.6 Å². The van der Waals surface area contributed by atoms with Crippen LogP contribution >= 0.6 is 0 Å². The molecule has 4 rings (SSSR count). The number of aromatic hydroxyl groups is 2. The van der Waals surface area contributed by atoms with Gasteiger partial charge in [0.1, 0.15) is 49.8 Å². The van der Waals surface area contributed by atoms with Gasteiger partial charge < -0.3 is 83.5 Å². The number of carbonyl (C=O) groups excluding carboxylic acids is 2. The first kappa shape index (κ1) is 41.1. The number of methoxy groups -OCH3 is 4. The zero-order valence-electron chi connectivity index (χ0n) is 28.9. The maximum Gasteiger partial charge on any atom is 0.331 e. The second-order valence-corrected chi connectivity index (χ2v) is 11.6. The van der Waals surface area contributed by atoms with Crippen LogP contribution in [0.1, 0.15) is 11.1 Å². The molecule has 0 unspecified atom stereocenters. The summed E-state index contributed by atoms with van der Waals surface area (Å²) < 4.78 is 47.8. The van der Waals surface area contributed by atoms with Gasteiger partial charge in [0.2, 0.25) is 17.3 Å². The largest absolute Gasteiger partial charge is 0.502 e. The molecule has 2 aromatic carbocycles. The van der Waals surface area contributed by atoms with E-state index in [9.17, 15) is 50.4 Å². The van der Waals surface area contributed by atoms with E-state index in [1.807, 2.05) is 0 Å². The van der Waals surface area contributed by atoms with E-state index in [1.165, 1.54) is 64.9 Å². The third-order valence-electron chi connectivity index (χ3n) is 8.32. The van der Waals surface area contributed by atoms with Gasteiger partial charge in [-0.05, 0) is 47.5 Å². The molecule has 292 valence electrons. The molecular formula is C34H42O19.